The molecular formula is C21H21ClFNO3. The second-order valence-electron chi connectivity index (χ2n) is 6.75. The van der Waals surface area contributed by atoms with E-state index in [1.54, 1.807) is 4.90 Å². The van der Waals surface area contributed by atoms with Gasteiger partial charge in [-0.05, 0) is 31.9 Å². The molecule has 0 aromatic heterocycles. The van der Waals surface area contributed by atoms with Gasteiger partial charge in [0.25, 0.3) is 5.91 Å². The molecule has 0 atom stereocenters. The number of benzene rings is 2. The Kier molecular flexibility index (Phi) is 6.11. The second-order valence-corrected chi connectivity index (χ2v) is 7.16. The summed E-state index contributed by atoms with van der Waals surface area (Å²) in [6.45, 7) is 2.89. The summed E-state index contributed by atoms with van der Waals surface area (Å²) in [6, 6.07) is 11.6. The van der Waals surface area contributed by atoms with Gasteiger partial charge in [0.15, 0.2) is 12.4 Å². The number of piperidine rings is 1. The van der Waals surface area contributed by atoms with Crippen LogP contribution in [0.3, 0.4) is 0 Å². The van der Waals surface area contributed by atoms with Crippen LogP contribution in [0.25, 0.3) is 0 Å². The van der Waals surface area contributed by atoms with Gasteiger partial charge in [-0.25, -0.2) is 4.39 Å². The van der Waals surface area contributed by atoms with Crippen LogP contribution in [0.15, 0.2) is 42.5 Å². The number of likely N-dealkylation sites (tertiary alicyclic amines) is 1. The lowest BCUT2D eigenvalue weighted by atomic mass is 9.88. The first-order valence-corrected chi connectivity index (χ1v) is 9.28. The zero-order chi connectivity index (χ0) is 19.4. The van der Waals surface area contributed by atoms with Crippen LogP contribution in [-0.2, 0) is 4.79 Å². The maximum atomic E-state index is 13.1. The molecule has 0 aliphatic carbocycles. The zero-order valence-corrected chi connectivity index (χ0v) is 15.8. The highest BCUT2D eigenvalue weighted by Gasteiger charge is 2.28. The minimum absolute atomic E-state index is 0.0459. The van der Waals surface area contributed by atoms with Gasteiger partial charge in [-0.1, -0.05) is 41.4 Å². The van der Waals surface area contributed by atoms with Crippen molar-refractivity contribution in [2.24, 2.45) is 5.92 Å². The summed E-state index contributed by atoms with van der Waals surface area (Å²) < 4.78 is 18.5. The van der Waals surface area contributed by atoms with Gasteiger partial charge in [0.05, 0.1) is 5.02 Å². The summed E-state index contributed by atoms with van der Waals surface area (Å²) in [5, 5.41) is -0.0459. The fourth-order valence-corrected chi connectivity index (χ4v) is 3.32. The van der Waals surface area contributed by atoms with E-state index < -0.39 is 5.82 Å². The Morgan fingerprint density at radius 1 is 1.15 bits per heavy atom. The molecule has 0 saturated carbocycles. The van der Waals surface area contributed by atoms with Crippen LogP contribution in [0.4, 0.5) is 4.39 Å². The number of hydrogen-bond acceptors (Lipinski definition) is 3. The van der Waals surface area contributed by atoms with Crippen molar-refractivity contribution in [1.82, 2.24) is 4.90 Å². The number of halogens is 2. The van der Waals surface area contributed by atoms with Crippen LogP contribution in [0.1, 0.15) is 28.8 Å². The molecule has 0 spiro atoms. The summed E-state index contributed by atoms with van der Waals surface area (Å²) in [5.41, 5.74) is 1.84. The van der Waals surface area contributed by atoms with Crippen LogP contribution in [-0.4, -0.2) is 36.3 Å². The average Bonchev–Trinajstić information content (AvgIpc) is 2.69. The third kappa shape index (κ3) is 4.86. The van der Waals surface area contributed by atoms with Gasteiger partial charge in [-0.3, -0.25) is 9.59 Å². The topological polar surface area (TPSA) is 46.6 Å². The highest BCUT2D eigenvalue weighted by atomic mass is 35.5. The summed E-state index contributed by atoms with van der Waals surface area (Å²) >= 11 is 5.70. The lowest BCUT2D eigenvalue weighted by Gasteiger charge is -2.31. The molecule has 0 radical (unpaired) electrons. The first-order valence-electron chi connectivity index (χ1n) is 8.90. The standard InChI is InChI=1S/C21H21ClFNO3/c1-14-2-4-15(5-3-14)21(26)16-8-10-24(11-9-16)20(25)13-27-17-6-7-19(23)18(22)12-17/h2-7,12,16H,8-11,13H2,1H3. The minimum atomic E-state index is -0.532. The van der Waals surface area contributed by atoms with E-state index in [-0.39, 0.29) is 29.2 Å². The summed E-state index contributed by atoms with van der Waals surface area (Å²) in [4.78, 5) is 26.6. The largest absolute Gasteiger partial charge is 0.484 e. The number of carbonyl (C=O) groups excluding carboxylic acids is 2. The number of rotatable bonds is 5. The number of hydrogen-bond donors (Lipinski definition) is 0. The predicted molar refractivity (Wildman–Crippen MR) is 102 cm³/mol. The minimum Gasteiger partial charge on any atom is -0.484 e. The van der Waals surface area contributed by atoms with Crippen LogP contribution in [0.5, 0.6) is 5.75 Å². The third-order valence-electron chi connectivity index (χ3n) is 4.81. The lowest BCUT2D eigenvalue weighted by molar-refractivity contribution is -0.134. The Bertz CT molecular complexity index is 830. The summed E-state index contributed by atoms with van der Waals surface area (Å²) in [7, 11) is 0. The van der Waals surface area contributed by atoms with Gasteiger partial charge >= 0.3 is 0 Å². The Hall–Kier alpha value is -2.40. The van der Waals surface area contributed by atoms with Crippen molar-refractivity contribution in [2.45, 2.75) is 19.8 Å². The van der Waals surface area contributed by atoms with E-state index >= 15 is 0 Å². The second kappa shape index (κ2) is 8.53. The molecular weight excluding hydrogens is 369 g/mol. The molecule has 142 valence electrons. The van der Waals surface area contributed by atoms with Gasteiger partial charge in [0.1, 0.15) is 11.6 Å². The van der Waals surface area contributed by atoms with E-state index in [0.717, 1.165) is 11.1 Å². The first-order chi connectivity index (χ1) is 12.9. The highest BCUT2D eigenvalue weighted by Crippen LogP contribution is 2.23. The molecule has 1 aliphatic heterocycles. The molecule has 2 aromatic rings. The molecule has 0 bridgehead atoms. The van der Waals surface area contributed by atoms with E-state index in [4.69, 9.17) is 16.3 Å². The number of nitrogens with zero attached hydrogens (tertiary/aromatic N) is 1. The van der Waals surface area contributed by atoms with Crippen molar-refractivity contribution in [3.05, 3.63) is 64.4 Å². The molecule has 2 aromatic carbocycles. The monoisotopic (exact) mass is 389 g/mol. The number of amides is 1. The molecule has 4 nitrogen and oxygen atoms in total. The maximum Gasteiger partial charge on any atom is 0.260 e. The van der Waals surface area contributed by atoms with Crippen molar-refractivity contribution >= 4 is 23.3 Å². The predicted octanol–water partition coefficient (Wildman–Crippen LogP) is 4.29. The molecule has 6 heteroatoms. The molecule has 1 heterocycles. The maximum absolute atomic E-state index is 13.1. The zero-order valence-electron chi connectivity index (χ0n) is 15.1. The molecule has 27 heavy (non-hydrogen) atoms. The van der Waals surface area contributed by atoms with Gasteiger partial charge in [-0.15, -0.1) is 0 Å². The van der Waals surface area contributed by atoms with Crippen molar-refractivity contribution in [2.75, 3.05) is 19.7 Å². The third-order valence-corrected chi connectivity index (χ3v) is 5.10. The molecule has 3 rings (SSSR count). The molecule has 1 fully saturated rings. The van der Waals surface area contributed by atoms with E-state index in [1.165, 1.54) is 18.2 Å². The molecule has 1 aliphatic rings. The Balaban J connectivity index is 1.49. The number of ketones is 1. The van der Waals surface area contributed by atoms with Gasteiger partial charge in [-0.2, -0.15) is 0 Å². The number of Topliss-reactive ketones (excluding diaryl/α,β-unsaturated/α-hetero) is 1. The SMILES string of the molecule is Cc1ccc(C(=O)C2CCN(C(=O)COc3ccc(F)c(Cl)c3)CC2)cc1. The number of carbonyl (C=O) groups is 2. The van der Waals surface area contributed by atoms with Crippen molar-refractivity contribution < 1.29 is 18.7 Å². The van der Waals surface area contributed by atoms with Crippen molar-refractivity contribution in [3.8, 4) is 5.75 Å². The number of aryl methyl sites for hydroxylation is 1. The first kappa shape index (κ1) is 19.4. The summed E-state index contributed by atoms with van der Waals surface area (Å²) in [6.07, 6.45) is 1.28. The smallest absolute Gasteiger partial charge is 0.260 e. The van der Waals surface area contributed by atoms with Crippen molar-refractivity contribution in [1.29, 1.82) is 0 Å². The Morgan fingerprint density at radius 2 is 1.81 bits per heavy atom. The molecule has 1 amide bonds. The quantitative estimate of drug-likeness (QED) is 0.717. The number of ether oxygens (including phenoxy) is 1. The van der Waals surface area contributed by atoms with Crippen LogP contribution >= 0.6 is 11.6 Å². The fourth-order valence-electron chi connectivity index (χ4n) is 3.15. The van der Waals surface area contributed by atoms with Gasteiger partial charge < -0.3 is 9.64 Å². The molecule has 0 unspecified atom stereocenters. The van der Waals surface area contributed by atoms with Gasteiger partial charge in [0, 0.05) is 30.6 Å². The van der Waals surface area contributed by atoms with E-state index in [9.17, 15) is 14.0 Å². The van der Waals surface area contributed by atoms with Crippen molar-refractivity contribution in [3.63, 3.8) is 0 Å². The average molecular weight is 390 g/mol. The Labute approximate surface area is 162 Å². The fraction of sp³-hybridized carbons (Fsp3) is 0.333. The summed E-state index contributed by atoms with van der Waals surface area (Å²) in [5.74, 6) is -0.264. The lowest BCUT2D eigenvalue weighted by Crippen LogP contribution is -2.42. The normalized spacial score (nSPS) is 14.9. The highest BCUT2D eigenvalue weighted by molar-refractivity contribution is 6.30. The van der Waals surface area contributed by atoms with Crippen LogP contribution in [0.2, 0.25) is 5.02 Å². The van der Waals surface area contributed by atoms with Crippen LogP contribution < -0.4 is 4.74 Å². The molecule has 0 N–H and O–H groups in total. The van der Waals surface area contributed by atoms with E-state index in [0.29, 0.717) is 31.7 Å². The molecule has 1 saturated heterocycles. The van der Waals surface area contributed by atoms with E-state index in [1.807, 2.05) is 31.2 Å². The van der Waals surface area contributed by atoms with E-state index in [2.05, 4.69) is 0 Å². The Morgan fingerprint density at radius 3 is 2.44 bits per heavy atom. The van der Waals surface area contributed by atoms with Crippen LogP contribution in [0, 0.1) is 18.7 Å². The van der Waals surface area contributed by atoms with Gasteiger partial charge in [0.2, 0.25) is 0 Å².